The second-order valence-electron chi connectivity index (χ2n) is 5.86. The fraction of sp³-hybridized carbons (Fsp3) is 0.375. The van der Waals surface area contributed by atoms with Crippen LogP contribution in [0.15, 0.2) is 45.9 Å². The van der Waals surface area contributed by atoms with Gasteiger partial charge in [0.15, 0.2) is 0 Å². The van der Waals surface area contributed by atoms with Crippen molar-refractivity contribution in [1.29, 1.82) is 0 Å². The zero-order valence-electron chi connectivity index (χ0n) is 14.2. The highest BCUT2D eigenvalue weighted by Crippen LogP contribution is 2.32. The van der Waals surface area contributed by atoms with Gasteiger partial charge in [0.1, 0.15) is 11.4 Å². The SMILES string of the molecule is CN(Cc1ccco1)c1ccc(S(=O)(=O)N2CCOCC2)cc1[N+](=O)[O-]. The lowest BCUT2D eigenvalue weighted by molar-refractivity contribution is -0.384. The van der Waals surface area contributed by atoms with E-state index in [2.05, 4.69) is 0 Å². The Hall–Kier alpha value is -2.43. The van der Waals surface area contributed by atoms with E-state index in [4.69, 9.17) is 9.15 Å². The van der Waals surface area contributed by atoms with E-state index in [9.17, 15) is 18.5 Å². The van der Waals surface area contributed by atoms with Gasteiger partial charge in [0.2, 0.25) is 10.0 Å². The van der Waals surface area contributed by atoms with Crippen molar-refractivity contribution in [1.82, 2.24) is 4.31 Å². The average Bonchev–Trinajstić information content (AvgIpc) is 3.14. The Bertz CT molecular complexity index is 875. The Balaban J connectivity index is 1.92. The third kappa shape index (κ3) is 3.71. The molecule has 1 aliphatic heterocycles. The Morgan fingerprint density at radius 1 is 1.27 bits per heavy atom. The molecule has 2 aromatic rings. The van der Waals surface area contributed by atoms with Crippen molar-refractivity contribution >= 4 is 21.4 Å². The summed E-state index contributed by atoms with van der Waals surface area (Å²) in [5, 5.41) is 11.5. The van der Waals surface area contributed by atoms with Crippen LogP contribution >= 0.6 is 0 Å². The van der Waals surface area contributed by atoms with E-state index in [1.165, 1.54) is 22.7 Å². The average molecular weight is 381 g/mol. The second kappa shape index (κ2) is 7.44. The summed E-state index contributed by atoms with van der Waals surface area (Å²) in [6.45, 7) is 1.41. The zero-order chi connectivity index (χ0) is 18.7. The van der Waals surface area contributed by atoms with E-state index < -0.39 is 14.9 Å². The van der Waals surface area contributed by atoms with Crippen molar-refractivity contribution < 1.29 is 22.5 Å². The van der Waals surface area contributed by atoms with Gasteiger partial charge in [0, 0.05) is 26.2 Å². The molecule has 0 bridgehead atoms. The second-order valence-corrected chi connectivity index (χ2v) is 7.80. The maximum atomic E-state index is 12.7. The summed E-state index contributed by atoms with van der Waals surface area (Å²) in [5.41, 5.74) is 0.0423. The molecule has 0 radical (unpaired) electrons. The normalized spacial score (nSPS) is 15.7. The third-order valence-electron chi connectivity index (χ3n) is 4.14. The highest BCUT2D eigenvalue weighted by Gasteiger charge is 2.29. The first kappa shape index (κ1) is 18.4. The predicted molar refractivity (Wildman–Crippen MR) is 93.5 cm³/mol. The van der Waals surface area contributed by atoms with E-state index in [0.717, 1.165) is 6.07 Å². The summed E-state index contributed by atoms with van der Waals surface area (Å²) < 4.78 is 37.1. The largest absolute Gasteiger partial charge is 0.467 e. The molecular weight excluding hydrogens is 362 g/mol. The van der Waals surface area contributed by atoms with Gasteiger partial charge >= 0.3 is 0 Å². The number of sulfonamides is 1. The molecule has 1 aromatic heterocycles. The molecule has 10 heteroatoms. The molecule has 0 N–H and O–H groups in total. The molecule has 3 rings (SSSR count). The van der Waals surface area contributed by atoms with Gasteiger partial charge in [0.25, 0.3) is 5.69 Å². The van der Waals surface area contributed by atoms with Crippen molar-refractivity contribution in [2.24, 2.45) is 0 Å². The minimum Gasteiger partial charge on any atom is -0.467 e. The maximum Gasteiger partial charge on any atom is 0.293 e. The molecule has 1 fully saturated rings. The first-order chi connectivity index (χ1) is 12.4. The summed E-state index contributed by atoms with van der Waals surface area (Å²) in [6.07, 6.45) is 1.52. The van der Waals surface area contributed by atoms with Gasteiger partial charge in [-0.05, 0) is 24.3 Å². The predicted octanol–water partition coefficient (Wildman–Crippen LogP) is 1.85. The quantitative estimate of drug-likeness (QED) is 0.555. The number of nitro benzene ring substituents is 1. The Morgan fingerprint density at radius 2 is 2.00 bits per heavy atom. The number of rotatable bonds is 6. The number of furan rings is 1. The minimum atomic E-state index is -3.80. The van der Waals surface area contributed by atoms with Crippen molar-refractivity contribution in [2.45, 2.75) is 11.4 Å². The van der Waals surface area contributed by atoms with Crippen molar-refractivity contribution in [3.8, 4) is 0 Å². The molecule has 0 aliphatic carbocycles. The van der Waals surface area contributed by atoms with Crippen LogP contribution in [0, 0.1) is 10.1 Å². The van der Waals surface area contributed by atoms with Gasteiger partial charge < -0.3 is 14.1 Å². The van der Waals surface area contributed by atoms with Gasteiger partial charge in [0.05, 0.1) is 35.8 Å². The van der Waals surface area contributed by atoms with E-state index in [0.29, 0.717) is 31.2 Å². The number of nitro groups is 1. The molecular formula is C16H19N3O6S. The molecule has 26 heavy (non-hydrogen) atoms. The molecule has 140 valence electrons. The van der Waals surface area contributed by atoms with Crippen molar-refractivity contribution in [2.75, 3.05) is 38.3 Å². The standard InChI is InChI=1S/C16H19N3O6S/c1-17(12-13-3-2-8-25-13)15-5-4-14(11-16(15)19(20)21)26(22,23)18-6-9-24-10-7-18/h2-5,8,11H,6-7,9-10,12H2,1H3. The van der Waals surface area contributed by atoms with Crippen molar-refractivity contribution in [3.63, 3.8) is 0 Å². The van der Waals surface area contributed by atoms with E-state index in [-0.39, 0.29) is 23.7 Å². The lowest BCUT2D eigenvalue weighted by atomic mass is 10.2. The molecule has 0 atom stereocenters. The number of hydrogen-bond donors (Lipinski definition) is 0. The lowest BCUT2D eigenvalue weighted by Crippen LogP contribution is -2.40. The van der Waals surface area contributed by atoms with Crippen LogP contribution in [0.25, 0.3) is 0 Å². The Labute approximate surface area is 151 Å². The summed E-state index contributed by atoms with van der Waals surface area (Å²) >= 11 is 0. The summed E-state index contributed by atoms with van der Waals surface area (Å²) in [5.74, 6) is 0.645. The van der Waals surface area contributed by atoms with Gasteiger partial charge in [-0.15, -0.1) is 0 Å². The molecule has 2 heterocycles. The molecule has 0 saturated carbocycles. The monoisotopic (exact) mass is 381 g/mol. The topological polar surface area (TPSA) is 106 Å². The smallest absolute Gasteiger partial charge is 0.293 e. The van der Waals surface area contributed by atoms with Crippen molar-refractivity contribution in [3.05, 3.63) is 52.5 Å². The zero-order valence-corrected chi connectivity index (χ0v) is 15.0. The number of nitrogens with zero attached hydrogens (tertiary/aromatic N) is 3. The summed E-state index contributed by atoms with van der Waals surface area (Å²) in [6, 6.07) is 7.45. The Morgan fingerprint density at radius 3 is 2.62 bits per heavy atom. The van der Waals surface area contributed by atoms with E-state index in [1.807, 2.05) is 0 Å². The van der Waals surface area contributed by atoms with Gasteiger partial charge in [-0.3, -0.25) is 10.1 Å². The van der Waals surface area contributed by atoms with Gasteiger partial charge in [-0.2, -0.15) is 4.31 Å². The molecule has 1 aromatic carbocycles. The number of morpholine rings is 1. The maximum absolute atomic E-state index is 12.7. The van der Waals surface area contributed by atoms with Gasteiger partial charge in [-0.1, -0.05) is 0 Å². The van der Waals surface area contributed by atoms with Gasteiger partial charge in [-0.25, -0.2) is 8.42 Å². The summed E-state index contributed by atoms with van der Waals surface area (Å²) in [4.78, 5) is 12.5. The van der Waals surface area contributed by atoms with Crippen LogP contribution in [-0.2, 0) is 21.3 Å². The molecule has 0 spiro atoms. The van der Waals surface area contributed by atoms with Crippen LogP contribution in [0.3, 0.4) is 0 Å². The number of benzene rings is 1. The molecule has 0 unspecified atom stereocenters. The Kier molecular flexibility index (Phi) is 5.25. The first-order valence-electron chi connectivity index (χ1n) is 7.99. The number of hydrogen-bond acceptors (Lipinski definition) is 7. The number of ether oxygens (including phenoxy) is 1. The highest BCUT2D eigenvalue weighted by atomic mass is 32.2. The molecule has 1 saturated heterocycles. The van der Waals surface area contributed by atoms with E-state index >= 15 is 0 Å². The van der Waals surface area contributed by atoms with Crippen LogP contribution in [-0.4, -0.2) is 51.0 Å². The van der Waals surface area contributed by atoms with E-state index in [1.54, 1.807) is 24.1 Å². The molecule has 9 nitrogen and oxygen atoms in total. The highest BCUT2D eigenvalue weighted by molar-refractivity contribution is 7.89. The molecule has 1 aliphatic rings. The first-order valence-corrected chi connectivity index (χ1v) is 9.43. The fourth-order valence-corrected chi connectivity index (χ4v) is 4.22. The van der Waals surface area contributed by atoms with Crippen LogP contribution in [0.4, 0.5) is 11.4 Å². The van der Waals surface area contributed by atoms with Crippen LogP contribution in [0.5, 0.6) is 0 Å². The van der Waals surface area contributed by atoms with Crippen LogP contribution < -0.4 is 4.90 Å². The lowest BCUT2D eigenvalue weighted by Gasteiger charge is -2.26. The minimum absolute atomic E-state index is 0.0961. The number of anilines is 1. The fourth-order valence-electron chi connectivity index (χ4n) is 2.79. The van der Waals surface area contributed by atoms with Crippen LogP contribution in [0.1, 0.15) is 5.76 Å². The third-order valence-corrected chi connectivity index (χ3v) is 6.03. The molecule has 0 amide bonds. The van der Waals surface area contributed by atoms with Crippen LogP contribution in [0.2, 0.25) is 0 Å². The summed E-state index contributed by atoms with van der Waals surface area (Å²) in [7, 11) is -2.12.